The maximum Gasteiger partial charge on any atom is 0.241 e. The lowest BCUT2D eigenvalue weighted by Crippen LogP contribution is -2.56. The Kier molecular flexibility index (Phi) is 13.8. The minimum absolute atomic E-state index is 0.0128. The van der Waals surface area contributed by atoms with Gasteiger partial charge in [0.1, 0.15) is 18.4 Å². The summed E-state index contributed by atoms with van der Waals surface area (Å²) in [5.74, 6) is 0.215. The summed E-state index contributed by atoms with van der Waals surface area (Å²) in [5.41, 5.74) is 0.923. The smallest absolute Gasteiger partial charge is 0.241 e. The van der Waals surface area contributed by atoms with Crippen LogP contribution in [0.2, 0.25) is 0 Å². The molecule has 242 valence electrons. The van der Waals surface area contributed by atoms with Crippen molar-refractivity contribution in [3.63, 3.8) is 0 Å². The number of nitrogens with one attached hydrogen (secondary N) is 1. The summed E-state index contributed by atoms with van der Waals surface area (Å²) < 4.78 is 5.21. The van der Waals surface area contributed by atoms with Gasteiger partial charge in [-0.05, 0) is 54.7 Å². The van der Waals surface area contributed by atoms with Gasteiger partial charge in [-0.2, -0.15) is 0 Å². The first-order chi connectivity index (χ1) is 20.5. The maximum atomic E-state index is 14.4. The molecular weight excluding hydrogens is 546 g/mol. The Morgan fingerprint density at radius 3 is 2.14 bits per heavy atom. The Morgan fingerprint density at radius 2 is 1.58 bits per heavy atom. The Bertz CT molecular complexity index is 1020. The van der Waals surface area contributed by atoms with E-state index in [1.165, 1.54) is 16.2 Å². The molecular formula is C34H55N3O6. The Morgan fingerprint density at radius 1 is 0.953 bits per heavy atom. The molecule has 2 aliphatic rings. The molecule has 2 fully saturated rings. The van der Waals surface area contributed by atoms with E-state index < -0.39 is 24.2 Å². The molecule has 1 aromatic carbocycles. The third kappa shape index (κ3) is 11.4. The van der Waals surface area contributed by atoms with Gasteiger partial charge in [0, 0.05) is 33.0 Å². The van der Waals surface area contributed by atoms with Crippen LogP contribution in [0, 0.1) is 23.7 Å². The number of nitrogens with zero attached hydrogens (tertiary/aromatic N) is 2. The zero-order valence-electron chi connectivity index (χ0n) is 27.0. The SMILES string of the molecule is COc1ccc(CNC(=O)C[C@@H](CC2CC2)C(=O)N(CC(=O)N(C)C)[C@@H](CC2CCCCC2)[C@@H](O)[C@@H](O)CC(C)C)cc1. The summed E-state index contributed by atoms with van der Waals surface area (Å²) in [4.78, 5) is 43.7. The molecule has 0 aromatic heterocycles. The summed E-state index contributed by atoms with van der Waals surface area (Å²) in [6.45, 7) is 4.12. The first kappa shape index (κ1) is 34.8. The molecule has 3 N–H and O–H groups in total. The van der Waals surface area contributed by atoms with Gasteiger partial charge in [0.2, 0.25) is 17.7 Å². The van der Waals surface area contributed by atoms with Gasteiger partial charge >= 0.3 is 0 Å². The van der Waals surface area contributed by atoms with Crippen molar-refractivity contribution in [2.24, 2.45) is 23.7 Å². The van der Waals surface area contributed by atoms with Crippen LogP contribution in [0.1, 0.15) is 90.0 Å². The Balaban J connectivity index is 1.84. The third-order valence-corrected chi connectivity index (χ3v) is 9.03. The predicted molar refractivity (Wildman–Crippen MR) is 167 cm³/mol. The first-order valence-electron chi connectivity index (χ1n) is 16.2. The van der Waals surface area contributed by atoms with E-state index in [9.17, 15) is 24.6 Å². The minimum Gasteiger partial charge on any atom is -0.497 e. The summed E-state index contributed by atoms with van der Waals surface area (Å²) >= 11 is 0. The molecule has 0 aliphatic heterocycles. The lowest BCUT2D eigenvalue weighted by Gasteiger charge is -2.41. The zero-order valence-corrected chi connectivity index (χ0v) is 27.0. The average molecular weight is 602 g/mol. The van der Waals surface area contributed by atoms with Crippen molar-refractivity contribution in [3.05, 3.63) is 29.8 Å². The van der Waals surface area contributed by atoms with E-state index in [4.69, 9.17) is 4.74 Å². The minimum atomic E-state index is -1.19. The first-order valence-corrected chi connectivity index (χ1v) is 16.2. The van der Waals surface area contributed by atoms with Gasteiger partial charge in [0.15, 0.2) is 0 Å². The second-order valence-corrected chi connectivity index (χ2v) is 13.5. The quantitative estimate of drug-likeness (QED) is 0.247. The molecule has 43 heavy (non-hydrogen) atoms. The fourth-order valence-corrected chi connectivity index (χ4v) is 6.24. The highest BCUT2D eigenvalue weighted by Crippen LogP contribution is 2.38. The molecule has 4 atom stereocenters. The highest BCUT2D eigenvalue weighted by atomic mass is 16.5. The fraction of sp³-hybridized carbons (Fsp3) is 0.735. The van der Waals surface area contributed by atoms with E-state index in [2.05, 4.69) is 5.32 Å². The van der Waals surface area contributed by atoms with Gasteiger partial charge in [-0.3, -0.25) is 14.4 Å². The van der Waals surface area contributed by atoms with E-state index in [1.54, 1.807) is 21.2 Å². The molecule has 2 saturated carbocycles. The molecule has 0 radical (unpaired) electrons. The van der Waals surface area contributed by atoms with Crippen molar-refractivity contribution in [3.8, 4) is 5.75 Å². The van der Waals surface area contributed by atoms with Crippen LogP contribution >= 0.6 is 0 Å². The molecule has 9 nitrogen and oxygen atoms in total. The van der Waals surface area contributed by atoms with Crippen LogP contribution in [0.25, 0.3) is 0 Å². The third-order valence-electron chi connectivity index (χ3n) is 9.03. The summed E-state index contributed by atoms with van der Waals surface area (Å²) in [6.07, 6.45) is 6.74. The van der Waals surface area contributed by atoms with Crippen molar-refractivity contribution in [1.82, 2.24) is 15.1 Å². The molecule has 0 unspecified atom stereocenters. The number of ether oxygens (including phenoxy) is 1. The molecule has 0 spiro atoms. The van der Waals surface area contributed by atoms with Gasteiger partial charge in [0.25, 0.3) is 0 Å². The van der Waals surface area contributed by atoms with Gasteiger partial charge < -0.3 is 30.1 Å². The van der Waals surface area contributed by atoms with Crippen molar-refractivity contribution in [2.45, 2.75) is 109 Å². The Labute approximate surface area is 258 Å². The lowest BCUT2D eigenvalue weighted by molar-refractivity contribution is -0.151. The van der Waals surface area contributed by atoms with Crippen LogP contribution in [0.15, 0.2) is 24.3 Å². The molecule has 2 aliphatic carbocycles. The number of carbonyl (C=O) groups excluding carboxylic acids is 3. The summed E-state index contributed by atoms with van der Waals surface area (Å²) in [5, 5.41) is 25.6. The number of carbonyl (C=O) groups is 3. The van der Waals surface area contributed by atoms with E-state index in [0.717, 1.165) is 49.8 Å². The number of methoxy groups -OCH3 is 1. The molecule has 0 saturated heterocycles. The highest BCUT2D eigenvalue weighted by Gasteiger charge is 2.41. The number of benzene rings is 1. The van der Waals surface area contributed by atoms with Crippen LogP contribution < -0.4 is 10.1 Å². The number of hydrogen-bond donors (Lipinski definition) is 3. The highest BCUT2D eigenvalue weighted by molar-refractivity contribution is 5.89. The van der Waals surface area contributed by atoms with Gasteiger partial charge in [-0.1, -0.05) is 70.9 Å². The standard InChI is InChI=1S/C34H55N3O6/c1-23(2)17-30(38)33(41)29(19-24-9-7-6-8-10-24)37(22-32(40)36(3)4)34(42)27(18-25-11-12-25)20-31(39)35-21-26-13-15-28(43-5)16-14-26/h13-16,23-25,27,29-30,33,38,41H,6-12,17-22H2,1-5H3,(H,35,39)/t27-,29+,30+,33-/m1/s1. The molecule has 9 heteroatoms. The predicted octanol–water partition coefficient (Wildman–Crippen LogP) is 4.14. The molecule has 0 bridgehead atoms. The Hall–Kier alpha value is -2.65. The summed E-state index contributed by atoms with van der Waals surface area (Å²) in [7, 11) is 4.91. The molecule has 3 amide bonds. The summed E-state index contributed by atoms with van der Waals surface area (Å²) in [6, 6.07) is 6.75. The lowest BCUT2D eigenvalue weighted by atomic mass is 9.81. The topological polar surface area (TPSA) is 119 Å². The van der Waals surface area contributed by atoms with Gasteiger partial charge in [-0.25, -0.2) is 0 Å². The molecule has 0 heterocycles. The van der Waals surface area contributed by atoms with Crippen molar-refractivity contribution in [2.75, 3.05) is 27.7 Å². The monoisotopic (exact) mass is 601 g/mol. The van der Waals surface area contributed by atoms with Crippen molar-refractivity contribution < 1.29 is 29.3 Å². The van der Waals surface area contributed by atoms with E-state index in [-0.39, 0.29) is 36.6 Å². The molecule has 1 aromatic rings. The second kappa shape index (κ2) is 17.0. The number of aliphatic hydroxyl groups excluding tert-OH is 2. The number of hydrogen-bond acceptors (Lipinski definition) is 6. The number of aliphatic hydroxyl groups is 2. The number of rotatable bonds is 17. The largest absolute Gasteiger partial charge is 0.497 e. The van der Waals surface area contributed by atoms with E-state index in [0.29, 0.717) is 37.6 Å². The second-order valence-electron chi connectivity index (χ2n) is 13.5. The van der Waals surface area contributed by atoms with Gasteiger partial charge in [0.05, 0.1) is 19.3 Å². The van der Waals surface area contributed by atoms with E-state index >= 15 is 0 Å². The van der Waals surface area contributed by atoms with Crippen molar-refractivity contribution in [1.29, 1.82) is 0 Å². The fourth-order valence-electron chi connectivity index (χ4n) is 6.24. The number of likely N-dealkylation sites (N-methyl/N-ethyl adjacent to an activating group) is 1. The maximum absolute atomic E-state index is 14.4. The van der Waals surface area contributed by atoms with E-state index in [1.807, 2.05) is 38.1 Å². The molecule has 3 rings (SSSR count). The average Bonchev–Trinajstić information content (AvgIpc) is 3.81. The van der Waals surface area contributed by atoms with Crippen LogP contribution in [-0.2, 0) is 20.9 Å². The van der Waals surface area contributed by atoms with Crippen LogP contribution in [0.5, 0.6) is 5.75 Å². The van der Waals surface area contributed by atoms with Gasteiger partial charge in [-0.15, -0.1) is 0 Å². The zero-order chi connectivity index (χ0) is 31.5. The van der Waals surface area contributed by atoms with Crippen LogP contribution in [0.4, 0.5) is 0 Å². The van der Waals surface area contributed by atoms with Crippen molar-refractivity contribution >= 4 is 17.7 Å². The normalized spacial score (nSPS) is 18.4. The van der Waals surface area contributed by atoms with Crippen LogP contribution in [-0.4, -0.2) is 83.7 Å². The van der Waals surface area contributed by atoms with Crippen LogP contribution in [0.3, 0.4) is 0 Å². The number of amides is 3.